The molecule has 1 heterocycles. The van der Waals surface area contributed by atoms with Crippen LogP contribution in [0.25, 0.3) is 22.0 Å². The zero-order chi connectivity index (χ0) is 19.5. The number of benzene rings is 3. The van der Waals surface area contributed by atoms with E-state index < -0.39 is 0 Å². The lowest BCUT2D eigenvalue weighted by molar-refractivity contribution is 0.415. The molecule has 140 valence electrons. The van der Waals surface area contributed by atoms with E-state index in [1.165, 1.54) is 0 Å². The second-order valence-corrected chi connectivity index (χ2v) is 6.52. The third-order valence-corrected chi connectivity index (χ3v) is 4.79. The molecule has 0 fully saturated rings. The lowest BCUT2D eigenvalue weighted by atomic mass is 10.0. The van der Waals surface area contributed by atoms with Crippen LogP contribution in [0.2, 0.25) is 0 Å². The van der Waals surface area contributed by atoms with Gasteiger partial charge in [-0.3, -0.25) is 0 Å². The second kappa shape index (κ2) is 7.66. The van der Waals surface area contributed by atoms with Gasteiger partial charge in [0.15, 0.2) is 0 Å². The van der Waals surface area contributed by atoms with E-state index in [0.717, 1.165) is 39.3 Å². The van der Waals surface area contributed by atoms with Crippen molar-refractivity contribution in [2.75, 3.05) is 19.1 Å². The van der Waals surface area contributed by atoms with Gasteiger partial charge in [0.25, 0.3) is 0 Å². The lowest BCUT2D eigenvalue weighted by Gasteiger charge is -2.21. The average Bonchev–Trinajstić information content (AvgIpc) is 2.78. The molecule has 0 radical (unpaired) electrons. The highest BCUT2D eigenvalue weighted by Gasteiger charge is 2.14. The Morgan fingerprint density at radius 2 is 1.64 bits per heavy atom. The summed E-state index contributed by atoms with van der Waals surface area (Å²) in [6, 6.07) is 24.5. The van der Waals surface area contributed by atoms with Gasteiger partial charge >= 0.3 is 0 Å². The number of rotatable bonds is 5. The summed E-state index contributed by atoms with van der Waals surface area (Å²) in [6.45, 7) is 0.291. The van der Waals surface area contributed by atoms with Crippen molar-refractivity contribution in [1.29, 1.82) is 0 Å². The summed E-state index contributed by atoms with van der Waals surface area (Å²) in [5.74, 6) is 2.27. The zero-order valence-electron chi connectivity index (χ0n) is 16.0. The van der Waals surface area contributed by atoms with Gasteiger partial charge in [0.1, 0.15) is 17.4 Å². The molecule has 3 aromatic carbocycles. The number of aromatic nitrogens is 2. The summed E-state index contributed by atoms with van der Waals surface area (Å²) < 4.78 is 5.27. The molecule has 0 spiro atoms. The number of ether oxygens (including phenoxy) is 1. The molecule has 0 aliphatic rings. The Bertz CT molecular complexity index is 1090. The third-order valence-electron chi connectivity index (χ3n) is 4.79. The summed E-state index contributed by atoms with van der Waals surface area (Å²) in [5, 5.41) is 0.983. The predicted octanol–water partition coefficient (Wildman–Crippen LogP) is 4.53. The highest BCUT2D eigenvalue weighted by atomic mass is 16.5. The lowest BCUT2D eigenvalue weighted by Crippen LogP contribution is -2.14. The van der Waals surface area contributed by atoms with Crippen LogP contribution < -0.4 is 15.4 Å². The minimum Gasteiger partial charge on any atom is -0.497 e. The van der Waals surface area contributed by atoms with Crippen LogP contribution in [0, 0.1) is 0 Å². The summed E-state index contributed by atoms with van der Waals surface area (Å²) in [5.41, 5.74) is 10.0. The van der Waals surface area contributed by atoms with E-state index in [1.807, 2.05) is 55.6 Å². The molecule has 2 N–H and O–H groups in total. The standard InChI is InChI=1S/C23H22N4O/c1-27(18-9-11-19(28-2)12-10-18)23-20-14-17(16-6-4-3-5-7-16)8-13-21(20)25-22(15-24)26-23/h3-14H,15,24H2,1-2H3. The Morgan fingerprint density at radius 1 is 0.893 bits per heavy atom. The molecule has 0 saturated carbocycles. The van der Waals surface area contributed by atoms with Crippen molar-refractivity contribution in [2.45, 2.75) is 6.54 Å². The summed E-state index contributed by atoms with van der Waals surface area (Å²) >= 11 is 0. The van der Waals surface area contributed by atoms with E-state index >= 15 is 0 Å². The fourth-order valence-corrected chi connectivity index (χ4v) is 3.24. The minimum absolute atomic E-state index is 0.291. The van der Waals surface area contributed by atoms with Crippen LogP contribution in [-0.4, -0.2) is 24.1 Å². The van der Waals surface area contributed by atoms with E-state index in [-0.39, 0.29) is 0 Å². The smallest absolute Gasteiger partial charge is 0.144 e. The molecule has 0 amide bonds. The molecular formula is C23H22N4O. The number of nitrogens with zero attached hydrogens (tertiary/aromatic N) is 3. The van der Waals surface area contributed by atoms with E-state index in [4.69, 9.17) is 15.5 Å². The van der Waals surface area contributed by atoms with Crippen molar-refractivity contribution < 1.29 is 4.74 Å². The fraction of sp³-hybridized carbons (Fsp3) is 0.130. The molecular weight excluding hydrogens is 348 g/mol. The van der Waals surface area contributed by atoms with Gasteiger partial charge < -0.3 is 15.4 Å². The molecule has 4 rings (SSSR count). The van der Waals surface area contributed by atoms with Crippen molar-refractivity contribution in [3.63, 3.8) is 0 Å². The van der Waals surface area contributed by atoms with Crippen molar-refractivity contribution in [2.24, 2.45) is 5.73 Å². The number of hydrogen-bond acceptors (Lipinski definition) is 5. The number of fused-ring (bicyclic) bond motifs is 1. The van der Waals surface area contributed by atoms with E-state index in [9.17, 15) is 0 Å². The third kappa shape index (κ3) is 3.40. The first-order valence-corrected chi connectivity index (χ1v) is 9.13. The maximum Gasteiger partial charge on any atom is 0.144 e. The van der Waals surface area contributed by atoms with Crippen LogP contribution in [0.15, 0.2) is 72.8 Å². The Labute approximate surface area is 164 Å². The zero-order valence-corrected chi connectivity index (χ0v) is 16.0. The number of anilines is 2. The van der Waals surface area contributed by atoms with Crippen molar-refractivity contribution in [1.82, 2.24) is 9.97 Å². The Hall–Kier alpha value is -3.44. The molecule has 0 unspecified atom stereocenters. The molecule has 0 atom stereocenters. The van der Waals surface area contributed by atoms with Crippen LogP contribution in [0.3, 0.4) is 0 Å². The number of hydrogen-bond donors (Lipinski definition) is 1. The van der Waals surface area contributed by atoms with Crippen molar-refractivity contribution in [3.8, 4) is 16.9 Å². The maximum atomic E-state index is 5.85. The van der Waals surface area contributed by atoms with Crippen LogP contribution in [0.1, 0.15) is 5.82 Å². The minimum atomic E-state index is 0.291. The van der Waals surface area contributed by atoms with Crippen LogP contribution in [0.4, 0.5) is 11.5 Å². The topological polar surface area (TPSA) is 64.3 Å². The molecule has 5 heteroatoms. The van der Waals surface area contributed by atoms with Gasteiger partial charge in [0.2, 0.25) is 0 Å². The predicted molar refractivity (Wildman–Crippen MR) is 114 cm³/mol. The van der Waals surface area contributed by atoms with Crippen LogP contribution in [0.5, 0.6) is 5.75 Å². The second-order valence-electron chi connectivity index (χ2n) is 6.52. The van der Waals surface area contributed by atoms with Gasteiger partial charge in [-0.2, -0.15) is 0 Å². The van der Waals surface area contributed by atoms with Gasteiger partial charge in [-0.25, -0.2) is 9.97 Å². The van der Waals surface area contributed by atoms with Gasteiger partial charge in [0.05, 0.1) is 19.2 Å². The molecule has 0 bridgehead atoms. The normalized spacial score (nSPS) is 10.8. The Morgan fingerprint density at radius 3 is 2.32 bits per heavy atom. The molecule has 28 heavy (non-hydrogen) atoms. The molecule has 1 aromatic heterocycles. The fourth-order valence-electron chi connectivity index (χ4n) is 3.24. The quantitative estimate of drug-likeness (QED) is 0.559. The van der Waals surface area contributed by atoms with Crippen LogP contribution in [-0.2, 0) is 6.54 Å². The molecule has 0 aliphatic carbocycles. The highest BCUT2D eigenvalue weighted by Crippen LogP contribution is 2.32. The van der Waals surface area contributed by atoms with E-state index in [0.29, 0.717) is 12.4 Å². The average molecular weight is 370 g/mol. The molecule has 5 nitrogen and oxygen atoms in total. The van der Waals surface area contributed by atoms with Gasteiger partial charge in [-0.1, -0.05) is 36.4 Å². The first kappa shape index (κ1) is 17.9. The monoisotopic (exact) mass is 370 g/mol. The molecule has 0 saturated heterocycles. The Balaban J connectivity index is 1.86. The van der Waals surface area contributed by atoms with Gasteiger partial charge in [0, 0.05) is 18.1 Å². The summed E-state index contributed by atoms with van der Waals surface area (Å²) in [7, 11) is 3.66. The summed E-state index contributed by atoms with van der Waals surface area (Å²) in [6.07, 6.45) is 0. The SMILES string of the molecule is COc1ccc(N(C)c2nc(CN)nc3ccc(-c4ccccc4)cc23)cc1. The highest BCUT2D eigenvalue weighted by molar-refractivity contribution is 5.94. The first-order valence-electron chi connectivity index (χ1n) is 9.13. The van der Waals surface area contributed by atoms with Gasteiger partial charge in [-0.05, 0) is 47.5 Å². The summed E-state index contributed by atoms with van der Waals surface area (Å²) in [4.78, 5) is 11.4. The van der Waals surface area contributed by atoms with Crippen molar-refractivity contribution in [3.05, 3.63) is 78.6 Å². The van der Waals surface area contributed by atoms with Gasteiger partial charge in [-0.15, -0.1) is 0 Å². The molecule has 0 aliphatic heterocycles. The largest absolute Gasteiger partial charge is 0.497 e. The first-order chi connectivity index (χ1) is 13.7. The van der Waals surface area contributed by atoms with E-state index in [1.54, 1.807) is 7.11 Å². The van der Waals surface area contributed by atoms with E-state index in [2.05, 4.69) is 34.1 Å². The molecule has 4 aromatic rings. The Kier molecular flexibility index (Phi) is 4.91. The van der Waals surface area contributed by atoms with Crippen molar-refractivity contribution >= 4 is 22.4 Å². The number of methoxy groups -OCH3 is 1. The number of nitrogens with two attached hydrogens (primary N) is 1. The van der Waals surface area contributed by atoms with Crippen LogP contribution >= 0.6 is 0 Å². The maximum absolute atomic E-state index is 5.85.